The number of para-hydroxylation sites is 2. The lowest BCUT2D eigenvalue weighted by atomic mass is 9.76. The number of aromatic amines is 1. The summed E-state index contributed by atoms with van der Waals surface area (Å²) >= 11 is 12.3. The first-order valence-electron chi connectivity index (χ1n) is 12.1. The van der Waals surface area contributed by atoms with Crippen molar-refractivity contribution in [2.75, 3.05) is 20.2 Å². The van der Waals surface area contributed by atoms with Crippen LogP contribution >= 0.6 is 23.2 Å². The van der Waals surface area contributed by atoms with Gasteiger partial charge in [-0.2, -0.15) is 0 Å². The van der Waals surface area contributed by atoms with Gasteiger partial charge in [0.05, 0.1) is 22.8 Å². The Morgan fingerprint density at radius 2 is 1.78 bits per heavy atom. The van der Waals surface area contributed by atoms with Crippen molar-refractivity contribution in [1.82, 2.24) is 14.8 Å². The topological polar surface area (TPSA) is 65.6 Å². The van der Waals surface area contributed by atoms with Crippen molar-refractivity contribution in [2.45, 2.75) is 24.9 Å². The number of piperazine rings is 1. The predicted octanol–water partition coefficient (Wildman–Crippen LogP) is 5.72. The number of rotatable bonds is 4. The van der Waals surface area contributed by atoms with Crippen LogP contribution in [0.25, 0.3) is 10.9 Å². The minimum absolute atomic E-state index is 0.0110. The standard InChI is InChI=1S/C29H25Cl2N3O3/c1-29-27-26(19-8-3-5-9-23(19)32-27)20(18-7-4-6-10-24(18)37-2)15-34(29)25(35)16-33(28(29)36)14-17-11-12-21(30)22(31)13-17/h3-13,20,32H,14-16H2,1-2H3/t20?,29-/m0/s1. The van der Waals surface area contributed by atoms with E-state index in [1.807, 2.05) is 55.5 Å². The monoisotopic (exact) mass is 533 g/mol. The number of fused-ring (bicyclic) bond motifs is 5. The minimum Gasteiger partial charge on any atom is -0.496 e. The van der Waals surface area contributed by atoms with Crippen LogP contribution in [0, 0.1) is 0 Å². The summed E-state index contributed by atoms with van der Waals surface area (Å²) in [5, 5.41) is 1.90. The van der Waals surface area contributed by atoms with Crippen LogP contribution in [-0.2, 0) is 21.7 Å². The Morgan fingerprint density at radius 3 is 2.57 bits per heavy atom. The van der Waals surface area contributed by atoms with E-state index in [9.17, 15) is 9.59 Å². The SMILES string of the molecule is COc1ccccc1C1CN2C(=O)CN(Cc3ccc(Cl)c(Cl)c3)C(=O)[C@]2(C)c2[nH]c3ccccc3c21. The first kappa shape index (κ1) is 23.9. The number of methoxy groups -OCH3 is 1. The molecule has 2 aliphatic rings. The second kappa shape index (κ2) is 8.82. The highest BCUT2D eigenvalue weighted by Crippen LogP contribution is 2.49. The van der Waals surface area contributed by atoms with Crippen LogP contribution in [0.15, 0.2) is 66.7 Å². The van der Waals surface area contributed by atoms with Crippen LogP contribution in [-0.4, -0.2) is 46.8 Å². The number of hydrogen-bond acceptors (Lipinski definition) is 3. The molecular weight excluding hydrogens is 509 g/mol. The van der Waals surface area contributed by atoms with E-state index in [0.717, 1.165) is 39.0 Å². The number of nitrogens with zero attached hydrogens (tertiary/aromatic N) is 2. The normalized spacial score (nSPS) is 21.2. The van der Waals surface area contributed by atoms with Gasteiger partial charge in [0.25, 0.3) is 5.91 Å². The molecule has 0 saturated carbocycles. The largest absolute Gasteiger partial charge is 0.496 e. The lowest BCUT2D eigenvalue weighted by Gasteiger charge is -2.51. The van der Waals surface area contributed by atoms with Gasteiger partial charge in [-0.25, -0.2) is 0 Å². The molecule has 2 amide bonds. The third-order valence-corrected chi connectivity index (χ3v) is 8.43. The molecule has 1 saturated heterocycles. The zero-order valence-electron chi connectivity index (χ0n) is 20.4. The number of amides is 2. The van der Waals surface area contributed by atoms with Gasteiger partial charge in [-0.3, -0.25) is 9.59 Å². The first-order valence-corrected chi connectivity index (χ1v) is 12.9. The number of halogens is 2. The molecule has 1 aromatic heterocycles. The number of carbonyl (C=O) groups excluding carboxylic acids is 2. The Morgan fingerprint density at radius 1 is 1.03 bits per heavy atom. The average molecular weight is 534 g/mol. The fraction of sp³-hybridized carbons (Fsp3) is 0.241. The Labute approximate surface area is 224 Å². The molecule has 6 rings (SSSR count). The number of ether oxygens (including phenoxy) is 1. The van der Waals surface area contributed by atoms with Crippen LogP contribution < -0.4 is 4.74 Å². The molecule has 37 heavy (non-hydrogen) atoms. The van der Waals surface area contributed by atoms with Crippen LogP contribution in [0.1, 0.15) is 35.2 Å². The Kier molecular flexibility index (Phi) is 5.70. The van der Waals surface area contributed by atoms with E-state index in [1.54, 1.807) is 29.0 Å². The smallest absolute Gasteiger partial charge is 0.255 e. The summed E-state index contributed by atoms with van der Waals surface area (Å²) in [5.41, 5.74) is 3.31. The summed E-state index contributed by atoms with van der Waals surface area (Å²) in [6.45, 7) is 2.47. The number of benzene rings is 3. The molecule has 3 heterocycles. The van der Waals surface area contributed by atoms with E-state index in [1.165, 1.54) is 0 Å². The molecular formula is C29H25Cl2N3O3. The maximum absolute atomic E-state index is 14.2. The third-order valence-electron chi connectivity index (χ3n) is 7.69. The molecule has 1 fully saturated rings. The van der Waals surface area contributed by atoms with Crippen LogP contribution in [0.5, 0.6) is 5.75 Å². The Bertz CT molecular complexity index is 1570. The fourth-order valence-corrected chi connectivity index (χ4v) is 6.22. The van der Waals surface area contributed by atoms with Crippen molar-refractivity contribution in [3.63, 3.8) is 0 Å². The number of carbonyl (C=O) groups is 2. The first-order chi connectivity index (χ1) is 17.8. The molecule has 1 N–H and O–H groups in total. The highest BCUT2D eigenvalue weighted by Gasteiger charge is 2.56. The molecule has 2 atom stereocenters. The molecule has 188 valence electrons. The molecule has 2 aliphatic heterocycles. The number of H-pyrrole nitrogens is 1. The summed E-state index contributed by atoms with van der Waals surface area (Å²) in [6, 6.07) is 21.2. The van der Waals surface area contributed by atoms with Gasteiger partial charge in [0, 0.05) is 35.5 Å². The molecule has 0 radical (unpaired) electrons. The Balaban J connectivity index is 1.50. The molecule has 3 aromatic carbocycles. The summed E-state index contributed by atoms with van der Waals surface area (Å²) in [6.07, 6.45) is 0. The maximum Gasteiger partial charge on any atom is 0.255 e. The summed E-state index contributed by atoms with van der Waals surface area (Å²) in [4.78, 5) is 34.8. The number of nitrogens with one attached hydrogen (secondary N) is 1. The van der Waals surface area contributed by atoms with Gasteiger partial charge < -0.3 is 19.5 Å². The molecule has 0 bridgehead atoms. The van der Waals surface area contributed by atoms with E-state index < -0.39 is 5.54 Å². The van der Waals surface area contributed by atoms with E-state index in [2.05, 4.69) is 11.1 Å². The van der Waals surface area contributed by atoms with Gasteiger partial charge in [0.15, 0.2) is 5.54 Å². The minimum atomic E-state index is -1.18. The van der Waals surface area contributed by atoms with E-state index in [-0.39, 0.29) is 30.8 Å². The van der Waals surface area contributed by atoms with Crippen LogP contribution in [0.2, 0.25) is 10.0 Å². The maximum atomic E-state index is 14.2. The van der Waals surface area contributed by atoms with Gasteiger partial charge >= 0.3 is 0 Å². The molecule has 0 aliphatic carbocycles. The van der Waals surface area contributed by atoms with E-state index in [0.29, 0.717) is 16.6 Å². The highest BCUT2D eigenvalue weighted by atomic mass is 35.5. The number of aromatic nitrogens is 1. The molecule has 4 aromatic rings. The molecule has 0 spiro atoms. The van der Waals surface area contributed by atoms with Crippen LogP contribution in [0.3, 0.4) is 0 Å². The average Bonchev–Trinajstić information content (AvgIpc) is 3.30. The summed E-state index contributed by atoms with van der Waals surface area (Å²) in [5.74, 6) is 0.355. The highest BCUT2D eigenvalue weighted by molar-refractivity contribution is 6.42. The molecule has 6 nitrogen and oxygen atoms in total. The van der Waals surface area contributed by atoms with Gasteiger partial charge in [-0.15, -0.1) is 0 Å². The zero-order valence-corrected chi connectivity index (χ0v) is 21.9. The van der Waals surface area contributed by atoms with Crippen molar-refractivity contribution >= 4 is 45.9 Å². The number of hydrogen-bond donors (Lipinski definition) is 1. The van der Waals surface area contributed by atoms with Crippen molar-refractivity contribution in [3.05, 3.63) is 99.2 Å². The van der Waals surface area contributed by atoms with Crippen molar-refractivity contribution < 1.29 is 14.3 Å². The van der Waals surface area contributed by atoms with Crippen LogP contribution in [0.4, 0.5) is 0 Å². The Hall–Kier alpha value is -3.48. The van der Waals surface area contributed by atoms with Gasteiger partial charge in [0.2, 0.25) is 5.91 Å². The van der Waals surface area contributed by atoms with Gasteiger partial charge in [-0.1, -0.05) is 65.7 Å². The second-order valence-electron chi connectivity index (χ2n) is 9.74. The van der Waals surface area contributed by atoms with E-state index >= 15 is 0 Å². The molecule has 1 unspecified atom stereocenters. The summed E-state index contributed by atoms with van der Waals surface area (Å²) < 4.78 is 5.70. The second-order valence-corrected chi connectivity index (χ2v) is 10.6. The molecule has 8 heteroatoms. The fourth-order valence-electron chi connectivity index (χ4n) is 5.90. The predicted molar refractivity (Wildman–Crippen MR) is 144 cm³/mol. The lowest BCUT2D eigenvalue weighted by molar-refractivity contribution is -0.166. The van der Waals surface area contributed by atoms with Crippen molar-refractivity contribution in [2.24, 2.45) is 0 Å². The van der Waals surface area contributed by atoms with Crippen molar-refractivity contribution in [1.29, 1.82) is 0 Å². The van der Waals surface area contributed by atoms with Gasteiger partial charge in [0.1, 0.15) is 12.3 Å². The third kappa shape index (κ3) is 3.62. The zero-order chi connectivity index (χ0) is 25.9. The van der Waals surface area contributed by atoms with E-state index in [4.69, 9.17) is 27.9 Å². The van der Waals surface area contributed by atoms with Gasteiger partial charge in [-0.05, 0) is 42.3 Å². The summed E-state index contributed by atoms with van der Waals surface area (Å²) in [7, 11) is 1.65. The lowest BCUT2D eigenvalue weighted by Crippen LogP contribution is -2.67. The van der Waals surface area contributed by atoms with Crippen molar-refractivity contribution in [3.8, 4) is 5.75 Å². The quantitative estimate of drug-likeness (QED) is 0.365.